The van der Waals surface area contributed by atoms with Gasteiger partial charge in [0.1, 0.15) is 0 Å². The van der Waals surface area contributed by atoms with Crippen LogP contribution in [0.5, 0.6) is 0 Å². The van der Waals surface area contributed by atoms with E-state index in [0.29, 0.717) is 16.3 Å². The lowest BCUT2D eigenvalue weighted by Crippen LogP contribution is -2.35. The van der Waals surface area contributed by atoms with Crippen molar-refractivity contribution in [2.45, 2.75) is 19.4 Å². The third-order valence-electron chi connectivity index (χ3n) is 3.32. The van der Waals surface area contributed by atoms with Gasteiger partial charge >= 0.3 is 6.03 Å². The number of rotatable bonds is 5. The number of nitrogens with two attached hydrogens (primary N) is 1. The molecule has 5 nitrogen and oxygen atoms in total. The molecule has 0 bridgehead atoms. The zero-order valence-electron chi connectivity index (χ0n) is 12.7. The zero-order chi connectivity index (χ0) is 16.8. The van der Waals surface area contributed by atoms with Gasteiger partial charge in [0.05, 0.1) is 12.5 Å². The van der Waals surface area contributed by atoms with E-state index in [1.165, 1.54) is 0 Å². The Labute approximate surface area is 139 Å². The molecule has 0 saturated heterocycles. The average Bonchev–Trinajstić information content (AvgIpc) is 2.49. The number of aryl methyl sites for hydroxylation is 1. The molecule has 0 spiro atoms. The summed E-state index contributed by atoms with van der Waals surface area (Å²) < 4.78 is 0. The minimum atomic E-state index is -0.710. The summed E-state index contributed by atoms with van der Waals surface area (Å²) in [5.41, 5.74) is 7.64. The lowest BCUT2D eigenvalue weighted by Gasteiger charge is -2.19. The molecule has 120 valence electrons. The van der Waals surface area contributed by atoms with Crippen molar-refractivity contribution < 1.29 is 9.59 Å². The van der Waals surface area contributed by atoms with Crippen molar-refractivity contribution in [3.05, 3.63) is 64.7 Å². The molecular weight excluding hydrogens is 314 g/mol. The Bertz CT molecular complexity index is 701. The highest BCUT2D eigenvalue weighted by Crippen LogP contribution is 2.25. The van der Waals surface area contributed by atoms with Crippen LogP contribution >= 0.6 is 11.6 Å². The van der Waals surface area contributed by atoms with Crippen LogP contribution in [0.3, 0.4) is 0 Å². The molecule has 2 aromatic carbocycles. The lowest BCUT2D eigenvalue weighted by molar-refractivity contribution is -0.116. The lowest BCUT2D eigenvalue weighted by atomic mass is 10.0. The summed E-state index contributed by atoms with van der Waals surface area (Å²) in [4.78, 5) is 23.4. The van der Waals surface area contributed by atoms with E-state index in [1.807, 2.05) is 31.2 Å². The number of halogens is 1. The number of hydrogen-bond donors (Lipinski definition) is 3. The topological polar surface area (TPSA) is 84.2 Å². The average molecular weight is 332 g/mol. The summed E-state index contributed by atoms with van der Waals surface area (Å²) in [5.74, 6) is -0.243. The first kappa shape index (κ1) is 16.8. The van der Waals surface area contributed by atoms with Crippen LogP contribution < -0.4 is 16.4 Å². The maximum absolute atomic E-state index is 12.2. The minimum absolute atomic E-state index is 0.0283. The molecule has 6 heteroatoms. The van der Waals surface area contributed by atoms with Crippen LogP contribution in [0.1, 0.15) is 23.6 Å². The van der Waals surface area contributed by atoms with Crippen molar-refractivity contribution in [1.29, 1.82) is 0 Å². The van der Waals surface area contributed by atoms with E-state index in [2.05, 4.69) is 10.6 Å². The van der Waals surface area contributed by atoms with E-state index in [4.69, 9.17) is 17.3 Å². The quantitative estimate of drug-likeness (QED) is 0.784. The van der Waals surface area contributed by atoms with Gasteiger partial charge in [-0.2, -0.15) is 0 Å². The molecule has 0 fully saturated rings. The number of amides is 3. The van der Waals surface area contributed by atoms with Crippen molar-refractivity contribution in [1.82, 2.24) is 5.32 Å². The molecule has 0 unspecified atom stereocenters. The number of benzene rings is 2. The summed E-state index contributed by atoms with van der Waals surface area (Å²) in [5, 5.41) is 5.81. The second-order valence-electron chi connectivity index (χ2n) is 5.20. The first-order valence-corrected chi connectivity index (χ1v) is 7.50. The van der Waals surface area contributed by atoms with Gasteiger partial charge in [-0.3, -0.25) is 4.79 Å². The van der Waals surface area contributed by atoms with Gasteiger partial charge < -0.3 is 16.4 Å². The Morgan fingerprint density at radius 3 is 2.39 bits per heavy atom. The second kappa shape index (κ2) is 7.65. The molecule has 0 aliphatic carbocycles. The number of carbonyl (C=O) groups is 2. The van der Waals surface area contributed by atoms with Gasteiger partial charge in [0, 0.05) is 10.7 Å². The van der Waals surface area contributed by atoms with Crippen LogP contribution in [0.15, 0.2) is 48.5 Å². The molecule has 0 aliphatic rings. The van der Waals surface area contributed by atoms with Crippen LogP contribution in [-0.2, 0) is 4.79 Å². The van der Waals surface area contributed by atoms with Gasteiger partial charge in [0.25, 0.3) is 0 Å². The van der Waals surface area contributed by atoms with Crippen molar-refractivity contribution in [2.75, 3.05) is 5.32 Å². The summed E-state index contributed by atoms with van der Waals surface area (Å²) in [7, 11) is 0. The minimum Gasteiger partial charge on any atom is -0.352 e. The SMILES string of the molecule is Cc1ccc(NC(=O)C[C@H](NC(N)=O)c2ccccc2Cl)cc1. The molecule has 2 rings (SSSR count). The van der Waals surface area contributed by atoms with E-state index >= 15 is 0 Å². The predicted octanol–water partition coefficient (Wildman–Crippen LogP) is 3.39. The monoisotopic (exact) mass is 331 g/mol. The third kappa shape index (κ3) is 5.00. The molecular formula is C17H18ClN3O2. The van der Waals surface area contributed by atoms with Gasteiger partial charge in [-0.1, -0.05) is 47.5 Å². The zero-order valence-corrected chi connectivity index (χ0v) is 13.4. The molecule has 0 aromatic heterocycles. The van der Waals surface area contributed by atoms with Crippen molar-refractivity contribution in [3.8, 4) is 0 Å². The summed E-state index contributed by atoms with van der Waals surface area (Å²) in [6, 6.07) is 13.2. The molecule has 0 radical (unpaired) electrons. The Morgan fingerprint density at radius 1 is 1.13 bits per heavy atom. The summed E-state index contributed by atoms with van der Waals surface area (Å²) >= 11 is 6.14. The molecule has 4 N–H and O–H groups in total. The van der Waals surface area contributed by atoms with Gasteiger partial charge in [-0.05, 0) is 30.7 Å². The van der Waals surface area contributed by atoms with E-state index in [0.717, 1.165) is 5.56 Å². The number of hydrogen-bond acceptors (Lipinski definition) is 2. The van der Waals surface area contributed by atoms with E-state index in [1.54, 1.807) is 24.3 Å². The van der Waals surface area contributed by atoms with E-state index < -0.39 is 12.1 Å². The van der Waals surface area contributed by atoms with Gasteiger partial charge in [-0.25, -0.2) is 4.79 Å². The summed E-state index contributed by atoms with van der Waals surface area (Å²) in [6.45, 7) is 1.97. The van der Waals surface area contributed by atoms with Crippen LogP contribution in [0, 0.1) is 6.92 Å². The van der Waals surface area contributed by atoms with Gasteiger partial charge in [0.2, 0.25) is 5.91 Å². The Morgan fingerprint density at radius 2 is 1.78 bits per heavy atom. The fraction of sp³-hybridized carbons (Fsp3) is 0.176. The van der Waals surface area contributed by atoms with Gasteiger partial charge in [0.15, 0.2) is 0 Å². The number of anilines is 1. The first-order valence-electron chi connectivity index (χ1n) is 7.12. The van der Waals surface area contributed by atoms with Crippen LogP contribution in [0.4, 0.5) is 10.5 Å². The largest absolute Gasteiger partial charge is 0.352 e. The van der Waals surface area contributed by atoms with Crippen LogP contribution in [0.25, 0.3) is 0 Å². The van der Waals surface area contributed by atoms with E-state index in [-0.39, 0.29) is 12.3 Å². The maximum Gasteiger partial charge on any atom is 0.312 e. The molecule has 3 amide bonds. The first-order chi connectivity index (χ1) is 11.0. The highest BCUT2D eigenvalue weighted by molar-refractivity contribution is 6.31. The number of carbonyl (C=O) groups excluding carboxylic acids is 2. The van der Waals surface area contributed by atoms with Crippen molar-refractivity contribution in [3.63, 3.8) is 0 Å². The smallest absolute Gasteiger partial charge is 0.312 e. The predicted molar refractivity (Wildman–Crippen MR) is 91.3 cm³/mol. The van der Waals surface area contributed by atoms with Gasteiger partial charge in [-0.15, -0.1) is 0 Å². The highest BCUT2D eigenvalue weighted by Gasteiger charge is 2.19. The second-order valence-corrected chi connectivity index (χ2v) is 5.61. The molecule has 0 saturated carbocycles. The Balaban J connectivity index is 2.11. The van der Waals surface area contributed by atoms with Crippen molar-refractivity contribution >= 4 is 29.2 Å². The maximum atomic E-state index is 12.2. The fourth-order valence-corrected chi connectivity index (χ4v) is 2.47. The molecule has 1 atom stereocenters. The van der Waals surface area contributed by atoms with E-state index in [9.17, 15) is 9.59 Å². The summed E-state index contributed by atoms with van der Waals surface area (Å²) in [6.07, 6.45) is 0.0283. The molecule has 0 aliphatic heterocycles. The third-order valence-corrected chi connectivity index (χ3v) is 3.67. The Kier molecular flexibility index (Phi) is 5.60. The number of primary amides is 1. The Hall–Kier alpha value is -2.53. The number of nitrogens with one attached hydrogen (secondary N) is 2. The highest BCUT2D eigenvalue weighted by atomic mass is 35.5. The molecule has 23 heavy (non-hydrogen) atoms. The molecule has 0 heterocycles. The normalized spacial score (nSPS) is 11.6. The number of urea groups is 1. The van der Waals surface area contributed by atoms with Crippen LogP contribution in [-0.4, -0.2) is 11.9 Å². The van der Waals surface area contributed by atoms with Crippen LogP contribution in [0.2, 0.25) is 5.02 Å². The standard InChI is InChI=1S/C17H18ClN3O2/c1-11-6-8-12(9-7-11)20-16(22)10-15(21-17(19)23)13-4-2-3-5-14(13)18/h2-9,15H,10H2,1H3,(H,20,22)(H3,19,21,23)/t15-/m0/s1. The molecule has 2 aromatic rings. The fourth-order valence-electron chi connectivity index (χ4n) is 2.20. The van der Waals surface area contributed by atoms with Crippen molar-refractivity contribution in [2.24, 2.45) is 5.73 Å².